The highest BCUT2D eigenvalue weighted by molar-refractivity contribution is 5.79. The van der Waals surface area contributed by atoms with Crippen LogP contribution < -0.4 is 0 Å². The van der Waals surface area contributed by atoms with Gasteiger partial charge in [-0.15, -0.1) is 0 Å². The van der Waals surface area contributed by atoms with Crippen LogP contribution in [0.4, 0.5) is 0 Å². The van der Waals surface area contributed by atoms with E-state index in [-0.39, 0.29) is 25.2 Å². The van der Waals surface area contributed by atoms with Crippen molar-refractivity contribution in [1.82, 2.24) is 4.90 Å². The number of carboxylic acid groups (broad SMARTS) is 1. The maximum atomic E-state index is 11.9. The third kappa shape index (κ3) is 5.54. The number of hydrogen-bond donors (Lipinski definition) is 1. The van der Waals surface area contributed by atoms with Gasteiger partial charge >= 0.3 is 5.97 Å². The minimum Gasteiger partial charge on any atom is -0.479 e. The molecule has 1 N–H and O–H groups in total. The van der Waals surface area contributed by atoms with E-state index in [4.69, 9.17) is 19.3 Å². The number of carboxylic acids is 1. The largest absolute Gasteiger partial charge is 0.479 e. The van der Waals surface area contributed by atoms with Gasteiger partial charge in [-0.3, -0.25) is 4.79 Å². The number of amides is 1. The first kappa shape index (κ1) is 15.9. The van der Waals surface area contributed by atoms with Crippen LogP contribution in [0.15, 0.2) is 0 Å². The molecule has 1 aliphatic rings. The number of hydrogen-bond acceptors (Lipinski definition) is 5. The van der Waals surface area contributed by atoms with Gasteiger partial charge in [-0.1, -0.05) is 0 Å². The molecule has 0 aliphatic carbocycles. The van der Waals surface area contributed by atoms with Crippen molar-refractivity contribution in [3.63, 3.8) is 0 Å². The lowest BCUT2D eigenvalue weighted by Gasteiger charge is -2.34. The fourth-order valence-electron chi connectivity index (χ4n) is 1.80. The molecule has 1 amide bonds. The Morgan fingerprint density at radius 1 is 1.32 bits per heavy atom. The molecule has 0 radical (unpaired) electrons. The fourth-order valence-corrected chi connectivity index (χ4v) is 1.80. The number of nitrogens with zero attached hydrogens (tertiary/aromatic N) is 1. The van der Waals surface area contributed by atoms with Gasteiger partial charge in [-0.05, 0) is 13.8 Å². The molecule has 1 aliphatic heterocycles. The summed E-state index contributed by atoms with van der Waals surface area (Å²) in [4.78, 5) is 24.2. The van der Waals surface area contributed by atoms with Crippen molar-refractivity contribution in [2.75, 3.05) is 39.5 Å². The molecule has 1 heterocycles. The summed E-state index contributed by atoms with van der Waals surface area (Å²) in [6, 6.07) is 0. The molecule has 2 atom stereocenters. The summed E-state index contributed by atoms with van der Waals surface area (Å²) in [6.45, 7) is 5.41. The van der Waals surface area contributed by atoms with E-state index in [1.165, 1.54) is 4.90 Å². The lowest BCUT2D eigenvalue weighted by Crippen LogP contribution is -2.52. The van der Waals surface area contributed by atoms with Crippen LogP contribution in [-0.4, -0.2) is 73.6 Å². The summed E-state index contributed by atoms with van der Waals surface area (Å²) in [5, 5.41) is 8.92. The molecule has 0 aromatic heterocycles. The molecular formula is C12H21NO6. The van der Waals surface area contributed by atoms with Gasteiger partial charge in [-0.2, -0.15) is 0 Å². The van der Waals surface area contributed by atoms with Crippen LogP contribution in [0, 0.1) is 0 Å². The van der Waals surface area contributed by atoms with Crippen molar-refractivity contribution < 1.29 is 28.9 Å². The highest BCUT2D eigenvalue weighted by Gasteiger charge is 2.32. The number of rotatable bonds is 7. The molecule has 1 rings (SSSR count). The van der Waals surface area contributed by atoms with Crippen LogP contribution in [-0.2, 0) is 23.8 Å². The van der Waals surface area contributed by atoms with Crippen molar-refractivity contribution in [2.45, 2.75) is 26.1 Å². The Balaban J connectivity index is 2.32. The van der Waals surface area contributed by atoms with Crippen molar-refractivity contribution >= 4 is 11.9 Å². The minimum atomic E-state index is -1.05. The molecule has 110 valence electrons. The average molecular weight is 275 g/mol. The summed E-state index contributed by atoms with van der Waals surface area (Å²) < 4.78 is 15.5. The summed E-state index contributed by atoms with van der Waals surface area (Å²) >= 11 is 0. The molecule has 0 saturated carbocycles. The Bertz CT molecular complexity index is 309. The number of ether oxygens (including phenoxy) is 3. The van der Waals surface area contributed by atoms with Crippen molar-refractivity contribution in [3.8, 4) is 0 Å². The van der Waals surface area contributed by atoms with Crippen LogP contribution in [0.5, 0.6) is 0 Å². The summed E-state index contributed by atoms with van der Waals surface area (Å²) in [7, 11) is 0. The van der Waals surface area contributed by atoms with Crippen LogP contribution >= 0.6 is 0 Å². The Labute approximate surface area is 112 Å². The zero-order valence-electron chi connectivity index (χ0n) is 11.3. The van der Waals surface area contributed by atoms with Gasteiger partial charge in [-0.25, -0.2) is 4.79 Å². The van der Waals surface area contributed by atoms with E-state index in [9.17, 15) is 9.59 Å². The number of morpholine rings is 1. The lowest BCUT2D eigenvalue weighted by atomic mass is 10.2. The normalized spacial score (nSPS) is 23.4. The van der Waals surface area contributed by atoms with Crippen molar-refractivity contribution in [2.24, 2.45) is 0 Å². The highest BCUT2D eigenvalue weighted by atomic mass is 16.5. The minimum absolute atomic E-state index is 0.0628. The van der Waals surface area contributed by atoms with E-state index < -0.39 is 12.1 Å². The molecule has 0 aromatic carbocycles. The first-order chi connectivity index (χ1) is 9.04. The van der Waals surface area contributed by atoms with Gasteiger partial charge in [0.05, 0.1) is 25.9 Å². The zero-order chi connectivity index (χ0) is 14.3. The van der Waals surface area contributed by atoms with Gasteiger partial charge in [0.1, 0.15) is 6.61 Å². The monoisotopic (exact) mass is 275 g/mol. The van der Waals surface area contributed by atoms with E-state index in [1.54, 1.807) is 6.92 Å². The molecule has 0 spiro atoms. The Morgan fingerprint density at radius 2 is 2.00 bits per heavy atom. The molecule has 7 nitrogen and oxygen atoms in total. The molecule has 19 heavy (non-hydrogen) atoms. The first-order valence-corrected chi connectivity index (χ1v) is 6.36. The summed E-state index contributed by atoms with van der Waals surface area (Å²) in [5.74, 6) is -1.28. The second kappa shape index (κ2) is 8.08. The highest BCUT2D eigenvalue weighted by Crippen LogP contribution is 2.11. The third-order valence-corrected chi connectivity index (χ3v) is 2.69. The molecule has 1 unspecified atom stereocenters. The molecule has 0 bridgehead atoms. The average Bonchev–Trinajstić information content (AvgIpc) is 2.37. The van der Waals surface area contributed by atoms with Gasteiger partial charge < -0.3 is 24.2 Å². The van der Waals surface area contributed by atoms with Crippen LogP contribution in [0.2, 0.25) is 0 Å². The SMILES string of the molecule is CCOCCOCC(=O)N1CC(C(=O)O)O[C@H](C)C1. The maximum absolute atomic E-state index is 11.9. The first-order valence-electron chi connectivity index (χ1n) is 6.36. The lowest BCUT2D eigenvalue weighted by molar-refractivity contribution is -0.168. The van der Waals surface area contributed by atoms with Crippen molar-refractivity contribution in [3.05, 3.63) is 0 Å². The number of aliphatic carboxylic acids is 1. The van der Waals surface area contributed by atoms with E-state index >= 15 is 0 Å². The standard InChI is InChI=1S/C12H21NO6/c1-3-17-4-5-18-8-11(14)13-6-9(2)19-10(7-13)12(15)16/h9-10H,3-8H2,1-2H3,(H,15,16)/t9-,10?/m1/s1. The van der Waals surface area contributed by atoms with Crippen molar-refractivity contribution in [1.29, 1.82) is 0 Å². The Morgan fingerprint density at radius 3 is 2.63 bits per heavy atom. The maximum Gasteiger partial charge on any atom is 0.334 e. The summed E-state index contributed by atoms with van der Waals surface area (Å²) in [5.41, 5.74) is 0. The predicted octanol–water partition coefficient (Wildman–Crippen LogP) is -0.260. The van der Waals surface area contributed by atoms with Gasteiger partial charge in [0.25, 0.3) is 0 Å². The van der Waals surface area contributed by atoms with E-state index in [0.29, 0.717) is 26.4 Å². The van der Waals surface area contributed by atoms with Gasteiger partial charge in [0.2, 0.25) is 5.91 Å². The second-order valence-electron chi connectivity index (χ2n) is 4.32. The van der Waals surface area contributed by atoms with Crippen LogP contribution in [0.25, 0.3) is 0 Å². The molecule has 1 fully saturated rings. The molecule has 0 aromatic rings. The van der Waals surface area contributed by atoms with E-state index in [1.807, 2.05) is 6.92 Å². The van der Waals surface area contributed by atoms with Crippen LogP contribution in [0.3, 0.4) is 0 Å². The topological polar surface area (TPSA) is 85.3 Å². The molecule has 1 saturated heterocycles. The fraction of sp³-hybridized carbons (Fsp3) is 0.833. The van der Waals surface area contributed by atoms with Gasteiger partial charge in [0.15, 0.2) is 6.10 Å². The zero-order valence-corrected chi connectivity index (χ0v) is 11.3. The van der Waals surface area contributed by atoms with E-state index in [2.05, 4.69) is 0 Å². The van der Waals surface area contributed by atoms with Gasteiger partial charge in [0, 0.05) is 13.2 Å². The number of carbonyl (C=O) groups is 2. The third-order valence-electron chi connectivity index (χ3n) is 2.69. The summed E-state index contributed by atoms with van der Waals surface area (Å²) in [6.07, 6.45) is -1.25. The molecular weight excluding hydrogens is 254 g/mol. The molecule has 7 heteroatoms. The smallest absolute Gasteiger partial charge is 0.334 e. The van der Waals surface area contributed by atoms with Crippen LogP contribution in [0.1, 0.15) is 13.8 Å². The Kier molecular flexibility index (Phi) is 6.75. The second-order valence-corrected chi connectivity index (χ2v) is 4.32. The quantitative estimate of drug-likeness (QED) is 0.644. The Hall–Kier alpha value is -1.18. The number of carbonyl (C=O) groups excluding carboxylic acids is 1. The predicted molar refractivity (Wildman–Crippen MR) is 65.9 cm³/mol. The van der Waals surface area contributed by atoms with E-state index in [0.717, 1.165) is 0 Å².